The Morgan fingerprint density at radius 2 is 2.29 bits per heavy atom. The summed E-state index contributed by atoms with van der Waals surface area (Å²) in [6.07, 6.45) is 3.74. The van der Waals surface area contributed by atoms with Gasteiger partial charge in [-0.3, -0.25) is 0 Å². The summed E-state index contributed by atoms with van der Waals surface area (Å²) < 4.78 is 7.76. The number of fused-ring (bicyclic) bond motifs is 5. The van der Waals surface area contributed by atoms with E-state index in [-0.39, 0.29) is 5.60 Å². The highest BCUT2D eigenvalue weighted by molar-refractivity contribution is 7.19. The molecule has 0 aliphatic carbocycles. The predicted molar refractivity (Wildman–Crippen MR) is 95.3 cm³/mol. The minimum atomic E-state index is -0.144. The Labute approximate surface area is 145 Å². The molecule has 0 amide bonds. The van der Waals surface area contributed by atoms with Gasteiger partial charge in [-0.2, -0.15) is 0 Å². The van der Waals surface area contributed by atoms with E-state index in [1.54, 1.807) is 17.7 Å². The van der Waals surface area contributed by atoms with Crippen LogP contribution in [0.3, 0.4) is 0 Å². The highest BCUT2D eigenvalue weighted by atomic mass is 32.1. The van der Waals surface area contributed by atoms with Gasteiger partial charge in [-0.05, 0) is 32.8 Å². The van der Waals surface area contributed by atoms with Crippen LogP contribution < -0.4 is 5.32 Å². The van der Waals surface area contributed by atoms with E-state index >= 15 is 0 Å². The van der Waals surface area contributed by atoms with E-state index < -0.39 is 0 Å². The molecule has 24 heavy (non-hydrogen) atoms. The van der Waals surface area contributed by atoms with Crippen molar-refractivity contribution < 1.29 is 4.74 Å². The van der Waals surface area contributed by atoms with Gasteiger partial charge < -0.3 is 10.1 Å². The Kier molecular flexibility index (Phi) is 3.82. The SMILES string of the molecule is CC[C@@H](C)NCc1nc2c3c4c(sc3ncn2n1)COC(C)(C)C4. The number of hydrogen-bond donors (Lipinski definition) is 1. The standard InChI is InChI=1S/C17H23N5OS/c1-5-10(2)18-7-13-20-15-14-11-6-17(3,4)23-8-12(11)24-16(14)19-9-22(15)21-13/h9-10,18H,5-8H2,1-4H3/t10-/m1/s1. The van der Waals surface area contributed by atoms with Gasteiger partial charge >= 0.3 is 0 Å². The van der Waals surface area contributed by atoms with Crippen molar-refractivity contribution in [3.8, 4) is 0 Å². The van der Waals surface area contributed by atoms with Gasteiger partial charge in [-0.25, -0.2) is 14.5 Å². The number of ether oxygens (including phenoxy) is 1. The molecule has 3 aromatic rings. The number of rotatable bonds is 4. The van der Waals surface area contributed by atoms with E-state index in [9.17, 15) is 0 Å². The van der Waals surface area contributed by atoms with Gasteiger partial charge in [0.2, 0.25) is 0 Å². The second-order valence-electron chi connectivity index (χ2n) is 7.14. The van der Waals surface area contributed by atoms with Crippen LogP contribution in [0.5, 0.6) is 0 Å². The Balaban J connectivity index is 1.79. The zero-order chi connectivity index (χ0) is 16.9. The molecule has 0 fully saturated rings. The molecule has 0 bridgehead atoms. The fourth-order valence-corrected chi connectivity index (χ4v) is 4.14. The van der Waals surface area contributed by atoms with Crippen molar-refractivity contribution in [3.63, 3.8) is 0 Å². The summed E-state index contributed by atoms with van der Waals surface area (Å²) in [4.78, 5) is 11.7. The van der Waals surface area contributed by atoms with Crippen molar-refractivity contribution in [3.05, 3.63) is 22.6 Å². The minimum absolute atomic E-state index is 0.144. The topological polar surface area (TPSA) is 64.3 Å². The quantitative estimate of drug-likeness (QED) is 0.787. The van der Waals surface area contributed by atoms with Crippen LogP contribution in [-0.2, 0) is 24.3 Å². The van der Waals surface area contributed by atoms with Gasteiger partial charge in [-0.15, -0.1) is 16.4 Å². The first-order chi connectivity index (χ1) is 11.5. The van der Waals surface area contributed by atoms with Crippen molar-refractivity contribution in [2.45, 2.75) is 65.3 Å². The fraction of sp³-hybridized carbons (Fsp3) is 0.588. The Morgan fingerprint density at radius 1 is 1.46 bits per heavy atom. The summed E-state index contributed by atoms with van der Waals surface area (Å²) in [5, 5.41) is 9.19. The van der Waals surface area contributed by atoms with Crippen LogP contribution in [0.1, 0.15) is 50.4 Å². The molecule has 0 radical (unpaired) electrons. The van der Waals surface area contributed by atoms with Crippen molar-refractivity contribution in [1.29, 1.82) is 0 Å². The predicted octanol–water partition coefficient (Wildman–Crippen LogP) is 3.08. The first kappa shape index (κ1) is 15.9. The molecule has 1 aliphatic rings. The van der Waals surface area contributed by atoms with Crippen LogP contribution in [0.25, 0.3) is 15.9 Å². The zero-order valence-corrected chi connectivity index (χ0v) is 15.4. The molecule has 4 rings (SSSR count). The largest absolute Gasteiger partial charge is 0.370 e. The average Bonchev–Trinajstić information content (AvgIpc) is 3.11. The third-order valence-electron chi connectivity index (χ3n) is 4.67. The van der Waals surface area contributed by atoms with E-state index in [0.717, 1.165) is 34.5 Å². The number of nitrogens with one attached hydrogen (secondary N) is 1. The van der Waals surface area contributed by atoms with Gasteiger partial charge in [0.25, 0.3) is 0 Å². The van der Waals surface area contributed by atoms with Gasteiger partial charge in [-0.1, -0.05) is 6.92 Å². The second kappa shape index (κ2) is 5.75. The van der Waals surface area contributed by atoms with Gasteiger partial charge in [0.05, 0.1) is 24.1 Å². The molecule has 0 saturated heterocycles. The fourth-order valence-electron chi connectivity index (χ4n) is 3.07. The van der Waals surface area contributed by atoms with Crippen molar-refractivity contribution in [1.82, 2.24) is 24.9 Å². The summed E-state index contributed by atoms with van der Waals surface area (Å²) in [7, 11) is 0. The molecule has 1 N–H and O–H groups in total. The van der Waals surface area contributed by atoms with Gasteiger partial charge in [0.15, 0.2) is 11.5 Å². The third kappa shape index (κ3) is 2.70. The maximum Gasteiger partial charge on any atom is 0.168 e. The van der Waals surface area contributed by atoms with E-state index in [1.165, 1.54) is 10.4 Å². The number of nitrogens with zero attached hydrogens (tertiary/aromatic N) is 4. The Morgan fingerprint density at radius 3 is 3.08 bits per heavy atom. The van der Waals surface area contributed by atoms with Crippen LogP contribution in [-0.4, -0.2) is 31.2 Å². The maximum absolute atomic E-state index is 5.95. The molecular weight excluding hydrogens is 322 g/mol. The van der Waals surface area contributed by atoms with E-state index in [0.29, 0.717) is 19.2 Å². The van der Waals surface area contributed by atoms with Crippen molar-refractivity contribution >= 4 is 27.2 Å². The average molecular weight is 345 g/mol. The zero-order valence-electron chi connectivity index (χ0n) is 14.6. The minimum Gasteiger partial charge on any atom is -0.370 e. The lowest BCUT2D eigenvalue weighted by atomic mass is 9.94. The number of aromatic nitrogens is 4. The van der Waals surface area contributed by atoms with Gasteiger partial charge in [0.1, 0.15) is 11.2 Å². The summed E-state index contributed by atoms with van der Waals surface area (Å²) in [5.41, 5.74) is 2.10. The molecule has 0 saturated carbocycles. The summed E-state index contributed by atoms with van der Waals surface area (Å²) in [5.74, 6) is 0.816. The molecular formula is C17H23N5OS. The highest BCUT2D eigenvalue weighted by Gasteiger charge is 2.30. The molecule has 7 heteroatoms. The van der Waals surface area contributed by atoms with Crippen molar-refractivity contribution in [2.24, 2.45) is 0 Å². The molecule has 0 aromatic carbocycles. The van der Waals surface area contributed by atoms with Crippen LogP contribution in [0.2, 0.25) is 0 Å². The van der Waals surface area contributed by atoms with E-state index in [4.69, 9.17) is 9.72 Å². The lowest BCUT2D eigenvalue weighted by molar-refractivity contribution is -0.0379. The summed E-state index contributed by atoms with van der Waals surface area (Å²) >= 11 is 1.71. The highest BCUT2D eigenvalue weighted by Crippen LogP contribution is 2.39. The molecule has 0 unspecified atom stereocenters. The van der Waals surface area contributed by atoms with Crippen molar-refractivity contribution in [2.75, 3.05) is 0 Å². The monoisotopic (exact) mass is 345 g/mol. The Hall–Kier alpha value is -1.57. The third-order valence-corrected chi connectivity index (χ3v) is 5.79. The van der Waals surface area contributed by atoms with Crippen LogP contribution in [0.15, 0.2) is 6.33 Å². The van der Waals surface area contributed by atoms with Crippen LogP contribution >= 0.6 is 11.3 Å². The molecule has 0 spiro atoms. The normalized spacial score (nSPS) is 18.2. The van der Waals surface area contributed by atoms with Crippen LogP contribution in [0, 0.1) is 0 Å². The van der Waals surface area contributed by atoms with Gasteiger partial charge in [0, 0.05) is 17.3 Å². The first-order valence-electron chi connectivity index (χ1n) is 8.48. The maximum atomic E-state index is 5.95. The molecule has 6 nitrogen and oxygen atoms in total. The first-order valence-corrected chi connectivity index (χ1v) is 9.30. The molecule has 1 aliphatic heterocycles. The smallest absolute Gasteiger partial charge is 0.168 e. The van der Waals surface area contributed by atoms with E-state index in [1.807, 2.05) is 4.52 Å². The number of thiophene rings is 1. The van der Waals surface area contributed by atoms with Crippen LogP contribution in [0.4, 0.5) is 0 Å². The molecule has 4 heterocycles. The lowest BCUT2D eigenvalue weighted by Crippen LogP contribution is -2.31. The number of hydrogen-bond acceptors (Lipinski definition) is 6. The van der Waals surface area contributed by atoms with E-state index in [2.05, 4.69) is 43.1 Å². The summed E-state index contributed by atoms with van der Waals surface area (Å²) in [6.45, 7) is 9.96. The summed E-state index contributed by atoms with van der Waals surface area (Å²) in [6, 6.07) is 0.460. The lowest BCUT2D eigenvalue weighted by Gasteiger charge is -2.30. The molecule has 1 atom stereocenters. The molecule has 128 valence electrons. The molecule has 3 aromatic heterocycles. The Bertz CT molecular complexity index is 897. The second-order valence-corrected chi connectivity index (χ2v) is 8.22.